The van der Waals surface area contributed by atoms with Crippen molar-refractivity contribution in [3.8, 4) is 0 Å². The fraction of sp³-hybridized carbons (Fsp3) is 0.667. The van der Waals surface area contributed by atoms with Crippen molar-refractivity contribution < 1.29 is 115 Å². The van der Waals surface area contributed by atoms with E-state index in [1.807, 2.05) is 0 Å². The van der Waals surface area contributed by atoms with Crippen LogP contribution in [0.5, 0.6) is 0 Å². The van der Waals surface area contributed by atoms with Crippen molar-refractivity contribution in [1.82, 2.24) is 0 Å². The van der Waals surface area contributed by atoms with E-state index in [1.165, 1.54) is 0 Å². The molecule has 12 N–H and O–H groups in total. The Morgan fingerprint density at radius 2 is 0.422 bits per heavy atom. The summed E-state index contributed by atoms with van der Waals surface area (Å²) in [5, 5.41) is 57.8. The van der Waals surface area contributed by atoms with Crippen molar-refractivity contribution in [3.05, 3.63) is 0 Å². The van der Waals surface area contributed by atoms with E-state index in [0.29, 0.717) is 0 Å². The second kappa shape index (κ2) is 46.6. The van der Waals surface area contributed by atoms with Gasteiger partial charge in [0.15, 0.2) is 0 Å². The smallest absolute Gasteiger partial charge is 0.791 e. The number of hydrogen-bond acceptors (Lipinski definition) is 24. The fourth-order valence-corrected chi connectivity index (χ4v) is 1.22. The van der Waals surface area contributed by atoms with E-state index in [2.05, 4.69) is 75.8 Å². The molecule has 0 aromatic carbocycles. The van der Waals surface area contributed by atoms with Crippen molar-refractivity contribution in [2.75, 3.05) is 34.5 Å². The van der Waals surface area contributed by atoms with Gasteiger partial charge < -0.3 is 170 Å². The molecule has 0 aliphatic heterocycles. The Morgan fingerprint density at radius 1 is 0.356 bits per heavy atom. The molecule has 18 nitrogen and oxygen atoms in total. The van der Waals surface area contributed by atoms with Gasteiger partial charge in [0.2, 0.25) is 0 Å². The van der Waals surface area contributed by atoms with Crippen LogP contribution < -0.4 is 65.0 Å². The largest absolute Gasteiger partial charge is 3.00 e. The first kappa shape index (κ1) is 67.6. The van der Waals surface area contributed by atoms with Crippen LogP contribution >= 0.6 is 0 Å². The molecule has 0 saturated heterocycles. The van der Waals surface area contributed by atoms with Gasteiger partial charge in [-0.15, -0.1) is 0 Å². The molecule has 0 aromatic heterocycles. The van der Waals surface area contributed by atoms with Crippen LogP contribution in [0.2, 0.25) is 0 Å². The average molecular weight is 977 g/mol. The second-order valence-corrected chi connectivity index (χ2v) is 8.55. The van der Waals surface area contributed by atoms with Gasteiger partial charge in [0.25, 0.3) is 0 Å². The number of hydrogen-bond donors (Lipinski definition) is 6. The van der Waals surface area contributed by atoms with E-state index in [9.17, 15) is 59.4 Å². The maximum Gasteiger partial charge on any atom is 3.00 e. The minimum absolute atomic E-state index is 0. The molecule has 0 amide bonds. The molecule has 269 valence electrons. The van der Waals surface area contributed by atoms with E-state index >= 15 is 0 Å². The van der Waals surface area contributed by atoms with Gasteiger partial charge in [0.1, 0.15) is 0 Å². The fourth-order valence-electron chi connectivity index (χ4n) is 0.408. The third kappa shape index (κ3) is 60.3. The molecule has 0 fully saturated rings. The number of carboxylic acids is 6. The number of carbonyl (C=O) groups excluding carboxylic acids is 6. The van der Waals surface area contributed by atoms with Crippen molar-refractivity contribution in [2.45, 2.75) is 36.3 Å². The Morgan fingerprint density at radius 3 is 0.422 bits per heavy atom. The number of rotatable bonds is 12. The van der Waals surface area contributed by atoms with Crippen LogP contribution in [0, 0.1) is 0 Å². The first-order chi connectivity index (χ1) is 19.1. The van der Waals surface area contributed by atoms with Crippen LogP contribution in [-0.4, -0.2) is 107 Å². The zero-order valence-corrected chi connectivity index (χ0v) is 31.8. The summed E-state index contributed by atoms with van der Waals surface area (Å²) in [5.74, 6) is -7.60. The van der Waals surface area contributed by atoms with Crippen LogP contribution in [0.3, 0.4) is 0 Å². The molecular weight excluding hydrogens is 946 g/mol. The molecule has 0 aliphatic rings. The molecule has 1 radical (unpaired) electrons. The summed E-state index contributed by atoms with van der Waals surface area (Å²) in [6, 6.07) is -5.86. The predicted octanol–water partition coefficient (Wildman–Crippen LogP) is -14.3. The van der Waals surface area contributed by atoms with Gasteiger partial charge in [-0.1, -0.05) is 0 Å². The average Bonchev–Trinajstić information content (AvgIpc) is 2.95. The summed E-state index contributed by atoms with van der Waals surface area (Å²) in [6.45, 7) is 0. The van der Waals surface area contributed by atoms with Gasteiger partial charge in [-0.05, 0) is 0 Å². The topological polar surface area (TPSA) is 397 Å². The zero-order chi connectivity index (χ0) is 35.2. The Kier molecular flexibility index (Phi) is 69.9. The van der Waals surface area contributed by atoms with Crippen LogP contribution in [0.4, 0.5) is 0 Å². The third-order valence-electron chi connectivity index (χ3n) is 2.89. The summed E-state index contributed by atoms with van der Waals surface area (Å²) in [6.07, 6.45) is 0. The number of carbonyl (C=O) groups is 6. The zero-order valence-electron chi connectivity index (χ0n) is 22.5. The maximum absolute atomic E-state index is 9.63. The van der Waals surface area contributed by atoms with E-state index in [0.717, 1.165) is 0 Å². The quantitative estimate of drug-likeness (QED) is 0.0781. The first-order valence-corrected chi connectivity index (χ1v) is 13.8. The van der Waals surface area contributed by atoms with Crippen molar-refractivity contribution in [2.24, 2.45) is 34.4 Å². The predicted molar refractivity (Wildman–Crippen MR) is 151 cm³/mol. The third-order valence-corrected chi connectivity index (χ3v) is 5.05. The van der Waals surface area contributed by atoms with Crippen LogP contribution in [0.25, 0.3) is 0 Å². The maximum atomic E-state index is 9.63. The number of carboxylic acid groups (broad SMARTS) is 6. The van der Waals surface area contributed by atoms with Crippen LogP contribution in [0.1, 0.15) is 0 Å². The number of aliphatic carboxylic acids is 6. The molecule has 0 aliphatic carbocycles. The standard InChI is InChI=1S/6C3H7NO2S.Fe.2Rh/c6*4-2(1-7)3(5)6;;;/h6*2,7H,1,4H2,(H,5,6);;;/q;;;;;;3*+3/p-12/t6*2-;;;/m000000.../s1. The van der Waals surface area contributed by atoms with Gasteiger partial charge in [0.05, 0.1) is 35.8 Å². The molecule has 0 aromatic rings. The van der Waals surface area contributed by atoms with Crippen molar-refractivity contribution in [3.63, 3.8) is 0 Å². The van der Waals surface area contributed by atoms with Crippen LogP contribution in [-0.2, 0) is 161 Å². The van der Waals surface area contributed by atoms with Crippen molar-refractivity contribution in [1.29, 1.82) is 0 Å². The minimum Gasteiger partial charge on any atom is -0.791 e. The SMILES string of the molecule is N[C@@H](C[S-])C(=O)[O-].N[C@@H](C[S-])C(=O)[O-].N[C@@H](C[S-])C(=O)[O-].N[C@@H](C[S-])C(=O)[O-].N[C@@H](C[S-])C(=O)[O-].N[C@@H](C[S-])C(=O)[O-].[Fe+3].[Rh+3].[Rh+3]. The molecule has 27 heteroatoms. The van der Waals surface area contributed by atoms with Crippen LogP contribution in [0.15, 0.2) is 0 Å². The molecule has 0 spiro atoms. The molecule has 45 heavy (non-hydrogen) atoms. The van der Waals surface area contributed by atoms with Gasteiger partial charge >= 0.3 is 56.0 Å². The van der Waals surface area contributed by atoms with E-state index in [-0.39, 0.29) is 90.5 Å². The normalized spacial score (nSPS) is 12.5. The summed E-state index contributed by atoms with van der Waals surface area (Å²) >= 11 is 25.8. The summed E-state index contributed by atoms with van der Waals surface area (Å²) in [5.41, 5.74) is 29.1. The van der Waals surface area contributed by atoms with Gasteiger partial charge in [0, 0.05) is 36.3 Å². The molecule has 6 atom stereocenters. The summed E-state index contributed by atoms with van der Waals surface area (Å²) in [7, 11) is 0. The van der Waals surface area contributed by atoms with E-state index in [1.54, 1.807) is 0 Å². The van der Waals surface area contributed by atoms with Gasteiger partial charge in [-0.3, -0.25) is 0 Å². The van der Waals surface area contributed by atoms with E-state index < -0.39 is 72.1 Å². The molecule has 0 heterocycles. The second-order valence-electron chi connectivity index (χ2n) is 6.55. The monoisotopic (exact) mass is 976 g/mol. The molecule has 0 bridgehead atoms. The van der Waals surface area contributed by atoms with E-state index in [4.69, 9.17) is 34.4 Å². The number of nitrogens with two attached hydrogens (primary N) is 6. The Hall–Kier alpha value is 0.446. The Bertz CT molecular complexity index is 626. The van der Waals surface area contributed by atoms with Gasteiger partial charge in [-0.2, -0.15) is 34.5 Å². The molecular formula is C18H30FeN6O12Rh2S6-3. The van der Waals surface area contributed by atoms with Crippen molar-refractivity contribution >= 4 is 112 Å². The summed E-state index contributed by atoms with van der Waals surface area (Å²) < 4.78 is 0. The first-order valence-electron chi connectivity index (χ1n) is 10.4. The minimum atomic E-state index is -1.28. The summed E-state index contributed by atoms with van der Waals surface area (Å²) in [4.78, 5) is 57.8. The van der Waals surface area contributed by atoms with Gasteiger partial charge in [-0.25, -0.2) is 0 Å². The molecule has 0 rings (SSSR count). The Labute approximate surface area is 329 Å². The molecule has 0 unspecified atom stereocenters. The Balaban J connectivity index is -0.0000000487. The molecule has 0 saturated carbocycles.